The van der Waals surface area contributed by atoms with E-state index in [9.17, 15) is 0 Å². The van der Waals surface area contributed by atoms with Crippen LogP contribution in [0.5, 0.6) is 0 Å². The molecule has 0 fully saturated rings. The van der Waals surface area contributed by atoms with E-state index < -0.39 is 0 Å². The number of hydrogen-bond donors (Lipinski definition) is 0. The fraction of sp³-hybridized carbons (Fsp3) is 0.538. The largest absolute Gasteiger partial charge is 0.381 e. The van der Waals surface area contributed by atoms with Gasteiger partial charge >= 0.3 is 0 Å². The fourth-order valence-corrected chi connectivity index (χ4v) is 0.690. The van der Waals surface area contributed by atoms with Crippen LogP contribution in [0.25, 0.3) is 0 Å². The Morgan fingerprint density at radius 1 is 1.21 bits per heavy atom. The van der Waals surface area contributed by atoms with Gasteiger partial charge in [-0.1, -0.05) is 25.8 Å². The van der Waals surface area contributed by atoms with Gasteiger partial charge in [-0.3, -0.25) is 0 Å². The Morgan fingerprint density at radius 3 is 2.00 bits per heavy atom. The van der Waals surface area contributed by atoms with E-state index in [1.807, 2.05) is 47.9 Å². The van der Waals surface area contributed by atoms with Crippen molar-refractivity contribution in [2.45, 2.75) is 34.6 Å². The van der Waals surface area contributed by atoms with Crippen LogP contribution in [0.2, 0.25) is 0 Å². The van der Waals surface area contributed by atoms with Crippen LogP contribution in [0.4, 0.5) is 0 Å². The first-order chi connectivity index (χ1) is 6.61. The van der Waals surface area contributed by atoms with E-state index in [-0.39, 0.29) is 0 Å². The third-order valence-electron chi connectivity index (χ3n) is 1.65. The van der Waals surface area contributed by atoms with Crippen molar-refractivity contribution in [1.29, 1.82) is 0 Å². The summed E-state index contributed by atoms with van der Waals surface area (Å²) in [5.41, 5.74) is 2.29. The molecule has 0 aliphatic carbocycles. The van der Waals surface area contributed by atoms with Gasteiger partial charge in [-0.15, -0.1) is 5.92 Å². The number of allylic oxidation sites excluding steroid dienone is 4. The number of nitrogens with zero attached hydrogens (tertiary/aromatic N) is 1. The lowest BCUT2D eigenvalue weighted by molar-refractivity contribution is 0.513. The van der Waals surface area contributed by atoms with Crippen LogP contribution in [-0.2, 0) is 0 Å². The molecule has 1 nitrogen and oxygen atoms in total. The fourth-order valence-electron chi connectivity index (χ4n) is 0.690. The van der Waals surface area contributed by atoms with Gasteiger partial charge in [-0.05, 0) is 26.8 Å². The van der Waals surface area contributed by atoms with Gasteiger partial charge in [-0.2, -0.15) is 0 Å². The van der Waals surface area contributed by atoms with Crippen LogP contribution >= 0.6 is 0 Å². The smallest absolute Gasteiger partial charge is 0.0219 e. The lowest BCUT2D eigenvalue weighted by Gasteiger charge is -2.11. The first-order valence-electron chi connectivity index (χ1n) is 5.06. The predicted octanol–water partition coefficient (Wildman–Crippen LogP) is 3.45. The van der Waals surface area contributed by atoms with Crippen LogP contribution in [-0.4, -0.2) is 19.0 Å². The first-order valence-corrected chi connectivity index (χ1v) is 5.06. The molecule has 0 bridgehead atoms. The van der Waals surface area contributed by atoms with E-state index >= 15 is 0 Å². The predicted molar refractivity (Wildman–Crippen MR) is 66.0 cm³/mol. The number of rotatable bonds is 2. The zero-order valence-electron chi connectivity index (χ0n) is 10.6. The van der Waals surface area contributed by atoms with Crippen molar-refractivity contribution in [2.24, 2.45) is 0 Å². The summed E-state index contributed by atoms with van der Waals surface area (Å²) in [5.74, 6) is 5.91. The van der Waals surface area contributed by atoms with Gasteiger partial charge in [0.15, 0.2) is 0 Å². The minimum atomic E-state index is 1.07. The van der Waals surface area contributed by atoms with Crippen molar-refractivity contribution in [2.75, 3.05) is 14.1 Å². The van der Waals surface area contributed by atoms with E-state index in [4.69, 9.17) is 0 Å². The highest BCUT2D eigenvalue weighted by atomic mass is 15.1. The zero-order chi connectivity index (χ0) is 11.6. The molecule has 0 aliphatic heterocycles. The monoisotopic (exact) mass is 193 g/mol. The second-order valence-electron chi connectivity index (χ2n) is 2.80. The highest BCUT2D eigenvalue weighted by Gasteiger charge is 1.91. The molecule has 14 heavy (non-hydrogen) atoms. The lowest BCUT2D eigenvalue weighted by atomic mass is 10.2. The van der Waals surface area contributed by atoms with E-state index in [1.54, 1.807) is 0 Å². The van der Waals surface area contributed by atoms with E-state index in [1.165, 1.54) is 5.70 Å². The summed E-state index contributed by atoms with van der Waals surface area (Å²) < 4.78 is 0. The molecule has 0 heterocycles. The molecule has 0 N–H and O–H groups in total. The normalized spacial score (nSPS) is 10.8. The van der Waals surface area contributed by atoms with Gasteiger partial charge in [0.1, 0.15) is 0 Å². The summed E-state index contributed by atoms with van der Waals surface area (Å²) in [7, 11) is 4.05. The van der Waals surface area contributed by atoms with Crippen LogP contribution in [0.3, 0.4) is 0 Å². The molecule has 1 heteroatoms. The Hall–Kier alpha value is -1.16. The molecule has 0 aromatic carbocycles. The molecule has 0 saturated carbocycles. The molecule has 0 saturated heterocycles. The van der Waals surface area contributed by atoms with Crippen molar-refractivity contribution in [1.82, 2.24) is 4.90 Å². The zero-order valence-corrected chi connectivity index (χ0v) is 10.6. The van der Waals surface area contributed by atoms with E-state index in [0.717, 1.165) is 5.57 Å². The summed E-state index contributed by atoms with van der Waals surface area (Å²) in [6.07, 6.45) is 4.10. The lowest BCUT2D eigenvalue weighted by Crippen LogP contribution is -2.07. The van der Waals surface area contributed by atoms with Gasteiger partial charge in [0, 0.05) is 25.4 Å². The van der Waals surface area contributed by atoms with Crippen LogP contribution in [0.1, 0.15) is 34.6 Å². The second-order valence-corrected chi connectivity index (χ2v) is 2.80. The van der Waals surface area contributed by atoms with Crippen molar-refractivity contribution < 1.29 is 0 Å². The van der Waals surface area contributed by atoms with Crippen LogP contribution in [0, 0.1) is 11.8 Å². The average Bonchev–Trinajstić information content (AvgIpc) is 2.19. The van der Waals surface area contributed by atoms with Crippen molar-refractivity contribution in [3.63, 3.8) is 0 Å². The number of hydrogen-bond acceptors (Lipinski definition) is 1. The first kappa shape index (κ1) is 15.3. The second kappa shape index (κ2) is 9.92. The van der Waals surface area contributed by atoms with Gasteiger partial charge in [0.25, 0.3) is 0 Å². The topological polar surface area (TPSA) is 3.24 Å². The minimum absolute atomic E-state index is 1.07. The Bertz CT molecular complexity index is 246. The maximum Gasteiger partial charge on any atom is 0.0219 e. The molecule has 0 rings (SSSR count). The molecule has 0 spiro atoms. The molecule has 0 amide bonds. The van der Waals surface area contributed by atoms with Gasteiger partial charge in [0.2, 0.25) is 0 Å². The van der Waals surface area contributed by atoms with Crippen molar-refractivity contribution >= 4 is 0 Å². The SMILES string of the molecule is CC.CC#CC(=C/C)/C=C(\C)N(C)C. The van der Waals surface area contributed by atoms with Crippen molar-refractivity contribution in [3.8, 4) is 11.8 Å². The molecule has 0 aromatic rings. The Labute approximate surface area is 89.5 Å². The van der Waals surface area contributed by atoms with E-state index in [0.29, 0.717) is 0 Å². The van der Waals surface area contributed by atoms with Gasteiger partial charge < -0.3 is 4.90 Å². The summed E-state index contributed by atoms with van der Waals surface area (Å²) in [4.78, 5) is 2.07. The Morgan fingerprint density at radius 2 is 1.71 bits per heavy atom. The summed E-state index contributed by atoms with van der Waals surface area (Å²) in [6.45, 7) is 9.92. The molecule has 0 aromatic heterocycles. The summed E-state index contributed by atoms with van der Waals surface area (Å²) in [5, 5.41) is 0. The summed E-state index contributed by atoms with van der Waals surface area (Å²) >= 11 is 0. The molecule has 0 atom stereocenters. The molecular weight excluding hydrogens is 170 g/mol. The van der Waals surface area contributed by atoms with Crippen molar-refractivity contribution in [3.05, 3.63) is 23.4 Å². The van der Waals surface area contributed by atoms with E-state index in [2.05, 4.69) is 29.7 Å². The van der Waals surface area contributed by atoms with Crippen LogP contribution < -0.4 is 0 Å². The maximum absolute atomic E-state index is 3.03. The summed E-state index contributed by atoms with van der Waals surface area (Å²) in [6, 6.07) is 0. The molecule has 0 aliphatic rings. The third kappa shape index (κ3) is 7.49. The molecule has 0 unspecified atom stereocenters. The quantitative estimate of drug-likeness (QED) is 0.479. The Kier molecular flexibility index (Phi) is 10.9. The Balaban J connectivity index is 0. The van der Waals surface area contributed by atoms with Gasteiger partial charge in [0.05, 0.1) is 0 Å². The van der Waals surface area contributed by atoms with Crippen LogP contribution in [0.15, 0.2) is 23.4 Å². The molecular formula is C13H23N. The standard InChI is InChI=1S/C11H17N.C2H6/c1-6-8-11(7-2)9-10(3)12(4)5;1-2/h7,9H,1-5H3;1-2H3/b10-9+,11-7-;. The third-order valence-corrected chi connectivity index (χ3v) is 1.65. The highest BCUT2D eigenvalue weighted by molar-refractivity contribution is 5.38. The highest BCUT2D eigenvalue weighted by Crippen LogP contribution is 2.02. The molecule has 80 valence electrons. The van der Waals surface area contributed by atoms with Gasteiger partial charge in [-0.25, -0.2) is 0 Å². The average molecular weight is 193 g/mol. The maximum atomic E-state index is 3.03. The molecule has 0 radical (unpaired) electrons. The minimum Gasteiger partial charge on any atom is -0.381 e.